The van der Waals surface area contributed by atoms with E-state index in [0.29, 0.717) is 12.6 Å². The minimum Gasteiger partial charge on any atom is -0.497 e. The predicted octanol–water partition coefficient (Wildman–Crippen LogP) is 3.80. The van der Waals surface area contributed by atoms with E-state index in [9.17, 15) is 4.79 Å². The lowest BCUT2D eigenvalue weighted by atomic mass is 9.86. The first-order valence-corrected chi connectivity index (χ1v) is 9.01. The van der Waals surface area contributed by atoms with Gasteiger partial charge in [-0.05, 0) is 43.0 Å². The van der Waals surface area contributed by atoms with E-state index in [-0.39, 0.29) is 18.2 Å². The summed E-state index contributed by atoms with van der Waals surface area (Å²) in [6, 6.07) is 18.6. The summed E-state index contributed by atoms with van der Waals surface area (Å²) in [5, 5.41) is 6.52. The normalized spacial score (nSPS) is 19.9. The third-order valence-electron chi connectivity index (χ3n) is 4.75. The average molecular weight is 354 g/mol. The van der Waals surface area contributed by atoms with Gasteiger partial charge in [0.15, 0.2) is 0 Å². The maximum atomic E-state index is 11.9. The molecule has 0 aliphatic heterocycles. The topological polar surface area (TPSA) is 59.6 Å². The zero-order chi connectivity index (χ0) is 18.4. The lowest BCUT2D eigenvalue weighted by Crippen LogP contribution is -2.52. The second kappa shape index (κ2) is 8.72. The Kier molecular flexibility index (Phi) is 6.12. The Labute approximate surface area is 154 Å². The van der Waals surface area contributed by atoms with Gasteiger partial charge in [-0.1, -0.05) is 42.5 Å². The van der Waals surface area contributed by atoms with Gasteiger partial charge in [0.05, 0.1) is 7.11 Å². The highest BCUT2D eigenvalue weighted by Crippen LogP contribution is 2.25. The van der Waals surface area contributed by atoms with E-state index < -0.39 is 0 Å². The van der Waals surface area contributed by atoms with E-state index in [1.165, 1.54) is 5.56 Å². The SMILES string of the molecule is COc1cccc([C@@H](C)NC2CC(NC(=O)OCc3ccccc3)C2)c1. The third-order valence-corrected chi connectivity index (χ3v) is 4.75. The highest BCUT2D eigenvalue weighted by molar-refractivity contribution is 5.67. The van der Waals surface area contributed by atoms with Crippen LogP contribution in [0.15, 0.2) is 54.6 Å². The van der Waals surface area contributed by atoms with Crippen LogP contribution in [0.3, 0.4) is 0 Å². The molecule has 0 radical (unpaired) electrons. The van der Waals surface area contributed by atoms with Crippen molar-refractivity contribution in [2.45, 2.75) is 44.5 Å². The van der Waals surface area contributed by atoms with Gasteiger partial charge in [-0.2, -0.15) is 0 Å². The molecule has 0 unspecified atom stereocenters. The molecule has 1 saturated carbocycles. The van der Waals surface area contributed by atoms with Crippen molar-refractivity contribution in [1.29, 1.82) is 0 Å². The zero-order valence-corrected chi connectivity index (χ0v) is 15.3. The average Bonchev–Trinajstić information content (AvgIpc) is 2.65. The minimum absolute atomic E-state index is 0.174. The van der Waals surface area contributed by atoms with Crippen LogP contribution in [0, 0.1) is 0 Å². The van der Waals surface area contributed by atoms with Crippen molar-refractivity contribution < 1.29 is 14.3 Å². The molecule has 3 rings (SSSR count). The van der Waals surface area contributed by atoms with Crippen molar-refractivity contribution in [2.24, 2.45) is 0 Å². The van der Waals surface area contributed by atoms with Crippen LogP contribution >= 0.6 is 0 Å². The van der Waals surface area contributed by atoms with Gasteiger partial charge in [-0.15, -0.1) is 0 Å². The third kappa shape index (κ3) is 4.99. The summed E-state index contributed by atoms with van der Waals surface area (Å²) in [5.41, 5.74) is 2.19. The Morgan fingerprint density at radius 3 is 2.62 bits per heavy atom. The number of carbonyl (C=O) groups excluding carboxylic acids is 1. The number of benzene rings is 2. The Balaban J connectivity index is 1.36. The van der Waals surface area contributed by atoms with Crippen LogP contribution in [0.2, 0.25) is 0 Å². The van der Waals surface area contributed by atoms with Crippen LogP contribution in [0.25, 0.3) is 0 Å². The molecule has 1 fully saturated rings. The number of amides is 1. The van der Waals surface area contributed by atoms with Crippen molar-refractivity contribution in [3.05, 3.63) is 65.7 Å². The molecule has 0 bridgehead atoms. The van der Waals surface area contributed by atoms with Gasteiger partial charge >= 0.3 is 6.09 Å². The second-order valence-electron chi connectivity index (χ2n) is 6.74. The zero-order valence-electron chi connectivity index (χ0n) is 15.3. The van der Waals surface area contributed by atoms with Crippen LogP contribution in [-0.4, -0.2) is 25.3 Å². The first-order valence-electron chi connectivity index (χ1n) is 9.01. The lowest BCUT2D eigenvalue weighted by Gasteiger charge is -2.38. The first-order chi connectivity index (χ1) is 12.6. The van der Waals surface area contributed by atoms with Crippen LogP contribution < -0.4 is 15.4 Å². The highest BCUT2D eigenvalue weighted by atomic mass is 16.5. The fraction of sp³-hybridized carbons (Fsp3) is 0.381. The summed E-state index contributed by atoms with van der Waals surface area (Å²) >= 11 is 0. The number of alkyl carbamates (subject to hydrolysis) is 1. The molecule has 1 amide bonds. The van der Waals surface area contributed by atoms with E-state index in [0.717, 1.165) is 24.2 Å². The molecule has 5 nitrogen and oxygen atoms in total. The summed E-state index contributed by atoms with van der Waals surface area (Å²) in [5.74, 6) is 0.866. The first kappa shape index (κ1) is 18.3. The van der Waals surface area contributed by atoms with Gasteiger partial charge in [0.2, 0.25) is 0 Å². The highest BCUT2D eigenvalue weighted by Gasteiger charge is 2.31. The standard InChI is InChI=1S/C21H26N2O3/c1-15(17-9-6-10-20(11-17)25-2)22-18-12-19(13-18)23-21(24)26-14-16-7-4-3-5-8-16/h3-11,15,18-19,22H,12-14H2,1-2H3,(H,23,24)/t15-,18?,19?/m1/s1. The van der Waals surface area contributed by atoms with Gasteiger partial charge in [0.25, 0.3) is 0 Å². The predicted molar refractivity (Wildman–Crippen MR) is 101 cm³/mol. The van der Waals surface area contributed by atoms with Gasteiger partial charge in [0, 0.05) is 18.1 Å². The molecular weight excluding hydrogens is 328 g/mol. The van der Waals surface area contributed by atoms with Crippen LogP contribution in [0.1, 0.15) is 36.9 Å². The summed E-state index contributed by atoms with van der Waals surface area (Å²) in [6.45, 7) is 2.44. The minimum atomic E-state index is -0.349. The Morgan fingerprint density at radius 1 is 1.12 bits per heavy atom. The quantitative estimate of drug-likeness (QED) is 0.794. The fourth-order valence-corrected chi connectivity index (χ4v) is 3.16. The van der Waals surface area contributed by atoms with Crippen molar-refractivity contribution in [2.75, 3.05) is 7.11 Å². The number of methoxy groups -OCH3 is 1. The fourth-order valence-electron chi connectivity index (χ4n) is 3.16. The number of hydrogen-bond donors (Lipinski definition) is 2. The Bertz CT molecular complexity index is 714. The van der Waals surface area contributed by atoms with Crippen LogP contribution in [-0.2, 0) is 11.3 Å². The van der Waals surface area contributed by atoms with Gasteiger partial charge in [0.1, 0.15) is 12.4 Å². The molecule has 0 heterocycles. The molecular formula is C21H26N2O3. The molecule has 1 atom stereocenters. The smallest absolute Gasteiger partial charge is 0.407 e. The molecule has 2 aromatic rings. The molecule has 0 saturated heterocycles. The molecule has 138 valence electrons. The number of hydrogen-bond acceptors (Lipinski definition) is 4. The second-order valence-corrected chi connectivity index (χ2v) is 6.74. The van der Waals surface area contributed by atoms with Gasteiger partial charge in [-0.25, -0.2) is 4.79 Å². The van der Waals surface area contributed by atoms with Gasteiger partial charge in [-0.3, -0.25) is 0 Å². The molecule has 0 aromatic heterocycles. The summed E-state index contributed by atoms with van der Waals surface area (Å²) in [7, 11) is 1.68. The molecule has 5 heteroatoms. The van der Waals surface area contributed by atoms with Crippen molar-refractivity contribution in [3.8, 4) is 5.75 Å². The Hall–Kier alpha value is -2.53. The van der Waals surface area contributed by atoms with E-state index in [4.69, 9.17) is 9.47 Å². The number of carbonyl (C=O) groups is 1. The van der Waals surface area contributed by atoms with Crippen molar-refractivity contribution in [1.82, 2.24) is 10.6 Å². The summed E-state index contributed by atoms with van der Waals surface area (Å²) < 4.78 is 10.5. The number of nitrogens with one attached hydrogen (secondary N) is 2. The number of rotatable bonds is 7. The monoisotopic (exact) mass is 354 g/mol. The van der Waals surface area contributed by atoms with Crippen molar-refractivity contribution >= 4 is 6.09 Å². The maximum absolute atomic E-state index is 11.9. The van der Waals surface area contributed by atoms with Crippen LogP contribution in [0.5, 0.6) is 5.75 Å². The maximum Gasteiger partial charge on any atom is 0.407 e. The molecule has 2 N–H and O–H groups in total. The largest absolute Gasteiger partial charge is 0.497 e. The Morgan fingerprint density at radius 2 is 1.88 bits per heavy atom. The van der Waals surface area contributed by atoms with E-state index in [1.807, 2.05) is 48.5 Å². The lowest BCUT2D eigenvalue weighted by molar-refractivity contribution is 0.124. The number of ether oxygens (including phenoxy) is 2. The molecule has 1 aliphatic carbocycles. The van der Waals surface area contributed by atoms with Crippen molar-refractivity contribution in [3.63, 3.8) is 0 Å². The van der Waals surface area contributed by atoms with E-state index in [2.05, 4.69) is 23.6 Å². The summed E-state index contributed by atoms with van der Waals surface area (Å²) in [4.78, 5) is 11.9. The molecule has 2 aromatic carbocycles. The van der Waals surface area contributed by atoms with Gasteiger partial charge < -0.3 is 20.1 Å². The van der Waals surface area contributed by atoms with E-state index >= 15 is 0 Å². The summed E-state index contributed by atoms with van der Waals surface area (Å²) in [6.07, 6.45) is 1.47. The molecule has 1 aliphatic rings. The van der Waals surface area contributed by atoms with Crippen LogP contribution in [0.4, 0.5) is 4.79 Å². The molecule has 26 heavy (non-hydrogen) atoms. The van der Waals surface area contributed by atoms with E-state index in [1.54, 1.807) is 7.11 Å². The molecule has 0 spiro atoms.